The van der Waals surface area contributed by atoms with Gasteiger partial charge in [-0.3, -0.25) is 4.79 Å². The first-order valence-electron chi connectivity index (χ1n) is 5.87. The maximum Gasteiger partial charge on any atom is 0.253 e. The minimum atomic E-state index is -0.572. The molecule has 0 radical (unpaired) electrons. The molecule has 3 N–H and O–H groups in total. The molecule has 0 spiro atoms. The van der Waals surface area contributed by atoms with E-state index in [0.717, 1.165) is 6.07 Å². The van der Waals surface area contributed by atoms with Crippen LogP contribution in [-0.2, 0) is 9.53 Å². The second-order valence-corrected chi connectivity index (χ2v) is 4.59. The molecule has 100 valence electrons. The van der Waals surface area contributed by atoms with Gasteiger partial charge in [0.15, 0.2) is 0 Å². The Labute approximate surface area is 106 Å². The van der Waals surface area contributed by atoms with E-state index < -0.39 is 11.9 Å². The molecule has 1 aromatic carbocycles. The molecule has 0 fully saturated rings. The zero-order valence-electron chi connectivity index (χ0n) is 10.9. The number of ether oxygens (including phenoxy) is 1. The highest BCUT2D eigenvalue weighted by Crippen LogP contribution is 2.19. The van der Waals surface area contributed by atoms with Crippen molar-refractivity contribution in [2.24, 2.45) is 5.92 Å². The molecular formula is C13H19FN2O2. The number of nitrogen functional groups attached to an aromatic ring is 1. The SMILES string of the molecule is CC(C)COC(C)C(=O)Nc1ccc(F)cc1N. The number of rotatable bonds is 5. The summed E-state index contributed by atoms with van der Waals surface area (Å²) in [7, 11) is 0. The van der Waals surface area contributed by atoms with Gasteiger partial charge in [0, 0.05) is 6.61 Å². The Morgan fingerprint density at radius 3 is 2.67 bits per heavy atom. The van der Waals surface area contributed by atoms with Crippen LogP contribution in [0.3, 0.4) is 0 Å². The van der Waals surface area contributed by atoms with E-state index in [2.05, 4.69) is 5.32 Å². The van der Waals surface area contributed by atoms with Crippen LogP contribution >= 0.6 is 0 Å². The van der Waals surface area contributed by atoms with Gasteiger partial charge in [-0.2, -0.15) is 0 Å². The molecule has 0 aliphatic carbocycles. The average molecular weight is 254 g/mol. The molecule has 0 aliphatic rings. The average Bonchev–Trinajstić information content (AvgIpc) is 2.29. The van der Waals surface area contributed by atoms with Crippen molar-refractivity contribution < 1.29 is 13.9 Å². The van der Waals surface area contributed by atoms with Crippen molar-refractivity contribution in [2.45, 2.75) is 26.9 Å². The number of nitrogens with one attached hydrogen (secondary N) is 1. The van der Waals surface area contributed by atoms with Crippen LogP contribution in [0.5, 0.6) is 0 Å². The molecule has 0 bridgehead atoms. The summed E-state index contributed by atoms with van der Waals surface area (Å²) in [6.07, 6.45) is -0.572. The smallest absolute Gasteiger partial charge is 0.253 e. The van der Waals surface area contributed by atoms with Gasteiger partial charge in [0.2, 0.25) is 0 Å². The zero-order chi connectivity index (χ0) is 13.7. The lowest BCUT2D eigenvalue weighted by molar-refractivity contribution is -0.126. The summed E-state index contributed by atoms with van der Waals surface area (Å²) in [5.41, 5.74) is 6.18. The molecule has 0 heterocycles. The van der Waals surface area contributed by atoms with E-state index in [0.29, 0.717) is 18.2 Å². The molecule has 1 atom stereocenters. The van der Waals surface area contributed by atoms with Crippen molar-refractivity contribution in [3.05, 3.63) is 24.0 Å². The molecule has 0 saturated heterocycles. The molecule has 1 unspecified atom stereocenters. The van der Waals surface area contributed by atoms with Crippen molar-refractivity contribution in [3.8, 4) is 0 Å². The highest BCUT2D eigenvalue weighted by Gasteiger charge is 2.15. The third-order valence-electron chi connectivity index (χ3n) is 2.32. The van der Waals surface area contributed by atoms with Crippen molar-refractivity contribution in [2.75, 3.05) is 17.7 Å². The van der Waals surface area contributed by atoms with Crippen LogP contribution in [0.1, 0.15) is 20.8 Å². The molecule has 5 heteroatoms. The van der Waals surface area contributed by atoms with E-state index >= 15 is 0 Å². The largest absolute Gasteiger partial charge is 0.397 e. The van der Waals surface area contributed by atoms with Crippen molar-refractivity contribution in [1.82, 2.24) is 0 Å². The summed E-state index contributed by atoms with van der Waals surface area (Å²) in [5.74, 6) is -0.375. The fourth-order valence-corrected chi connectivity index (χ4v) is 1.29. The van der Waals surface area contributed by atoms with Gasteiger partial charge in [0.25, 0.3) is 5.91 Å². The highest BCUT2D eigenvalue weighted by atomic mass is 19.1. The van der Waals surface area contributed by atoms with Gasteiger partial charge in [-0.1, -0.05) is 13.8 Å². The van der Waals surface area contributed by atoms with E-state index in [1.54, 1.807) is 6.92 Å². The molecular weight excluding hydrogens is 235 g/mol. The quantitative estimate of drug-likeness (QED) is 0.793. The van der Waals surface area contributed by atoms with Crippen LogP contribution in [0.25, 0.3) is 0 Å². The fourth-order valence-electron chi connectivity index (χ4n) is 1.29. The van der Waals surface area contributed by atoms with Crippen LogP contribution < -0.4 is 11.1 Å². The maximum absolute atomic E-state index is 12.8. The van der Waals surface area contributed by atoms with E-state index in [1.807, 2.05) is 13.8 Å². The fraction of sp³-hybridized carbons (Fsp3) is 0.462. The monoisotopic (exact) mass is 254 g/mol. The first-order chi connectivity index (χ1) is 8.40. The van der Waals surface area contributed by atoms with Gasteiger partial charge in [-0.15, -0.1) is 0 Å². The summed E-state index contributed by atoms with van der Waals surface area (Å²) in [4.78, 5) is 11.8. The third-order valence-corrected chi connectivity index (χ3v) is 2.32. The van der Waals surface area contributed by atoms with E-state index in [4.69, 9.17) is 10.5 Å². The molecule has 1 amide bonds. The number of benzene rings is 1. The normalized spacial score (nSPS) is 12.5. The lowest BCUT2D eigenvalue weighted by atomic mass is 10.2. The standard InChI is InChI=1S/C13H19FN2O2/c1-8(2)7-18-9(3)13(17)16-12-5-4-10(14)6-11(12)15/h4-6,8-9H,7,15H2,1-3H3,(H,16,17). The summed E-state index contributed by atoms with van der Waals surface area (Å²) in [6, 6.07) is 3.83. The van der Waals surface area contributed by atoms with Gasteiger partial charge >= 0.3 is 0 Å². The minimum absolute atomic E-state index is 0.194. The second kappa shape index (κ2) is 6.35. The van der Waals surface area contributed by atoms with Gasteiger partial charge in [0.05, 0.1) is 11.4 Å². The lowest BCUT2D eigenvalue weighted by Crippen LogP contribution is -2.29. The summed E-state index contributed by atoms with van der Waals surface area (Å²) in [6.45, 7) is 6.18. The Balaban J connectivity index is 2.58. The second-order valence-electron chi connectivity index (χ2n) is 4.59. The van der Waals surface area contributed by atoms with Crippen LogP contribution in [0.2, 0.25) is 0 Å². The van der Waals surface area contributed by atoms with Gasteiger partial charge in [0.1, 0.15) is 11.9 Å². The van der Waals surface area contributed by atoms with Crippen molar-refractivity contribution in [1.29, 1.82) is 0 Å². The summed E-state index contributed by atoms with van der Waals surface area (Å²) in [5, 5.41) is 2.61. The Kier molecular flexibility index (Phi) is 5.09. The molecule has 1 aromatic rings. The lowest BCUT2D eigenvalue weighted by Gasteiger charge is -2.15. The zero-order valence-corrected chi connectivity index (χ0v) is 10.9. The number of hydrogen-bond acceptors (Lipinski definition) is 3. The van der Waals surface area contributed by atoms with Crippen LogP contribution in [-0.4, -0.2) is 18.6 Å². The van der Waals surface area contributed by atoms with Crippen molar-refractivity contribution in [3.63, 3.8) is 0 Å². The Hall–Kier alpha value is -1.62. The van der Waals surface area contributed by atoms with Crippen LogP contribution in [0.15, 0.2) is 18.2 Å². The number of carbonyl (C=O) groups excluding carboxylic acids is 1. The van der Waals surface area contributed by atoms with Crippen molar-refractivity contribution >= 4 is 17.3 Å². The summed E-state index contributed by atoms with van der Waals surface area (Å²) < 4.78 is 18.2. The number of nitrogens with two attached hydrogens (primary N) is 1. The Bertz CT molecular complexity index is 421. The first kappa shape index (κ1) is 14.4. The molecule has 0 saturated carbocycles. The molecule has 18 heavy (non-hydrogen) atoms. The van der Waals surface area contributed by atoms with Gasteiger partial charge in [-0.05, 0) is 31.0 Å². The minimum Gasteiger partial charge on any atom is -0.397 e. The number of anilines is 2. The van der Waals surface area contributed by atoms with Crippen LogP contribution in [0.4, 0.5) is 15.8 Å². The van der Waals surface area contributed by atoms with E-state index in [-0.39, 0.29) is 11.6 Å². The van der Waals surface area contributed by atoms with Gasteiger partial charge < -0.3 is 15.8 Å². The molecule has 1 rings (SSSR count). The predicted octanol–water partition coefficient (Wildman–Crippen LogP) is 2.41. The molecule has 0 aromatic heterocycles. The Morgan fingerprint density at radius 1 is 1.44 bits per heavy atom. The first-order valence-corrected chi connectivity index (χ1v) is 5.87. The molecule has 0 aliphatic heterocycles. The topological polar surface area (TPSA) is 64.3 Å². The third kappa shape index (κ3) is 4.33. The van der Waals surface area contributed by atoms with E-state index in [1.165, 1.54) is 12.1 Å². The number of amides is 1. The van der Waals surface area contributed by atoms with Gasteiger partial charge in [-0.25, -0.2) is 4.39 Å². The van der Waals surface area contributed by atoms with E-state index in [9.17, 15) is 9.18 Å². The maximum atomic E-state index is 12.8. The number of halogens is 1. The summed E-state index contributed by atoms with van der Waals surface area (Å²) >= 11 is 0. The predicted molar refractivity (Wildman–Crippen MR) is 69.7 cm³/mol. The number of hydrogen-bond donors (Lipinski definition) is 2. The highest BCUT2D eigenvalue weighted by molar-refractivity contribution is 5.96. The Morgan fingerprint density at radius 2 is 2.11 bits per heavy atom. The molecule has 4 nitrogen and oxygen atoms in total. The van der Waals surface area contributed by atoms with Crippen LogP contribution in [0, 0.1) is 11.7 Å². The number of carbonyl (C=O) groups is 1.